The fraction of sp³-hybridized carbons (Fsp3) is 0.440. The molecule has 0 aliphatic carbocycles. The molecular formula is C25H31F2N7O. The summed E-state index contributed by atoms with van der Waals surface area (Å²) >= 11 is 0. The number of amides is 2. The van der Waals surface area contributed by atoms with Crippen molar-refractivity contribution >= 4 is 11.7 Å². The minimum atomic E-state index is -0.820. The summed E-state index contributed by atoms with van der Waals surface area (Å²) in [6.07, 6.45) is 3.56. The molecule has 1 fully saturated rings. The van der Waals surface area contributed by atoms with E-state index in [4.69, 9.17) is 0 Å². The molecule has 186 valence electrons. The van der Waals surface area contributed by atoms with E-state index in [9.17, 15) is 13.6 Å². The third-order valence-corrected chi connectivity index (χ3v) is 6.39. The summed E-state index contributed by atoms with van der Waals surface area (Å²) in [6, 6.07) is 9.66. The number of aromatic nitrogens is 4. The highest BCUT2D eigenvalue weighted by Crippen LogP contribution is 2.23. The van der Waals surface area contributed by atoms with E-state index in [1.165, 1.54) is 12.1 Å². The molecule has 4 rings (SSSR count). The maximum atomic E-state index is 13.4. The van der Waals surface area contributed by atoms with Crippen LogP contribution in [0.3, 0.4) is 0 Å². The van der Waals surface area contributed by atoms with Gasteiger partial charge in [0.25, 0.3) is 0 Å². The van der Waals surface area contributed by atoms with Gasteiger partial charge < -0.3 is 15.5 Å². The highest BCUT2D eigenvalue weighted by atomic mass is 19.2. The van der Waals surface area contributed by atoms with Crippen molar-refractivity contribution in [2.45, 2.75) is 32.6 Å². The van der Waals surface area contributed by atoms with Crippen LogP contribution in [0, 0.1) is 17.6 Å². The summed E-state index contributed by atoms with van der Waals surface area (Å²) in [6.45, 7) is 5.23. The third kappa shape index (κ3) is 6.60. The summed E-state index contributed by atoms with van der Waals surface area (Å²) in [7, 11) is 1.78. The second kappa shape index (κ2) is 11.4. The van der Waals surface area contributed by atoms with Gasteiger partial charge in [-0.05, 0) is 90.0 Å². The molecule has 0 bridgehead atoms. The summed E-state index contributed by atoms with van der Waals surface area (Å²) < 4.78 is 28.2. The molecule has 0 saturated carbocycles. The van der Waals surface area contributed by atoms with Crippen LogP contribution in [0.2, 0.25) is 0 Å². The number of nitrogens with zero attached hydrogens (tertiary/aromatic N) is 5. The Bertz CT molecular complexity index is 1170. The van der Waals surface area contributed by atoms with Gasteiger partial charge in [-0.15, -0.1) is 5.10 Å². The van der Waals surface area contributed by atoms with Gasteiger partial charge in [0.1, 0.15) is 0 Å². The van der Waals surface area contributed by atoms with Crippen LogP contribution in [0.4, 0.5) is 19.3 Å². The van der Waals surface area contributed by atoms with Crippen molar-refractivity contribution in [2.24, 2.45) is 13.0 Å². The highest BCUT2D eigenvalue weighted by molar-refractivity contribution is 5.90. The second-order valence-corrected chi connectivity index (χ2v) is 9.04. The number of nitrogens with one attached hydrogen (secondary N) is 2. The van der Waals surface area contributed by atoms with Crippen LogP contribution >= 0.6 is 0 Å². The Morgan fingerprint density at radius 1 is 1.14 bits per heavy atom. The Balaban J connectivity index is 1.28. The number of anilines is 1. The van der Waals surface area contributed by atoms with Gasteiger partial charge in [-0.1, -0.05) is 13.0 Å². The SMILES string of the molecule is CCc1cc(NC(=O)NC[C@@H]2CCCN(CCc3ccc(F)c(F)c3)C2)cc(-c2nnnn2C)c1. The van der Waals surface area contributed by atoms with Crippen molar-refractivity contribution in [3.05, 3.63) is 59.2 Å². The molecule has 3 aromatic rings. The van der Waals surface area contributed by atoms with Crippen LogP contribution in [-0.4, -0.2) is 57.3 Å². The highest BCUT2D eigenvalue weighted by Gasteiger charge is 2.20. The molecule has 2 amide bonds. The molecule has 2 N–H and O–H groups in total. The van der Waals surface area contributed by atoms with E-state index >= 15 is 0 Å². The predicted octanol–water partition coefficient (Wildman–Crippen LogP) is 3.79. The first kappa shape index (κ1) is 24.7. The number of benzene rings is 2. The first-order valence-electron chi connectivity index (χ1n) is 12.0. The fourth-order valence-electron chi connectivity index (χ4n) is 4.49. The van der Waals surface area contributed by atoms with Crippen LogP contribution < -0.4 is 10.6 Å². The fourth-order valence-corrected chi connectivity index (χ4v) is 4.49. The summed E-state index contributed by atoms with van der Waals surface area (Å²) in [5, 5.41) is 17.6. The molecule has 1 atom stereocenters. The smallest absolute Gasteiger partial charge is 0.319 e. The number of carbonyl (C=O) groups is 1. The first-order valence-corrected chi connectivity index (χ1v) is 12.0. The summed E-state index contributed by atoms with van der Waals surface area (Å²) in [5.41, 5.74) is 3.40. The van der Waals surface area contributed by atoms with Crippen LogP contribution in [0.1, 0.15) is 30.9 Å². The molecule has 8 nitrogen and oxygen atoms in total. The third-order valence-electron chi connectivity index (χ3n) is 6.39. The van der Waals surface area contributed by atoms with Crippen molar-refractivity contribution in [3.63, 3.8) is 0 Å². The van der Waals surface area contributed by atoms with E-state index < -0.39 is 11.6 Å². The van der Waals surface area contributed by atoms with E-state index in [1.807, 2.05) is 18.2 Å². The van der Waals surface area contributed by atoms with Crippen molar-refractivity contribution in [3.8, 4) is 11.4 Å². The normalized spacial score (nSPS) is 16.3. The number of hydrogen-bond donors (Lipinski definition) is 2. The van der Waals surface area contributed by atoms with Crippen LogP contribution in [0.5, 0.6) is 0 Å². The van der Waals surface area contributed by atoms with Gasteiger partial charge in [0.2, 0.25) is 0 Å². The number of tetrazole rings is 1. The van der Waals surface area contributed by atoms with Gasteiger partial charge in [-0.25, -0.2) is 18.3 Å². The quantitative estimate of drug-likeness (QED) is 0.509. The Morgan fingerprint density at radius 3 is 2.74 bits per heavy atom. The van der Waals surface area contributed by atoms with Gasteiger partial charge in [-0.3, -0.25) is 0 Å². The average Bonchev–Trinajstić information content (AvgIpc) is 3.29. The van der Waals surface area contributed by atoms with Crippen LogP contribution in [0.15, 0.2) is 36.4 Å². The number of carbonyl (C=O) groups excluding carboxylic acids is 1. The van der Waals surface area contributed by atoms with Gasteiger partial charge >= 0.3 is 6.03 Å². The maximum absolute atomic E-state index is 13.4. The predicted molar refractivity (Wildman–Crippen MR) is 130 cm³/mol. The summed E-state index contributed by atoms with van der Waals surface area (Å²) in [4.78, 5) is 14.9. The Labute approximate surface area is 203 Å². The minimum Gasteiger partial charge on any atom is -0.338 e. The Kier molecular flexibility index (Phi) is 8.02. The Morgan fingerprint density at radius 2 is 2.00 bits per heavy atom. The lowest BCUT2D eigenvalue weighted by molar-refractivity contribution is 0.174. The second-order valence-electron chi connectivity index (χ2n) is 9.04. The standard InChI is InChI=1S/C25H31F2N7O/c1-3-17-11-20(24-30-31-32-33(24)2)14-21(12-17)29-25(35)28-15-19-5-4-9-34(16-19)10-8-18-6-7-22(26)23(27)13-18/h6-7,11-14,19H,3-5,8-10,15-16H2,1-2H3,(H2,28,29,35)/t19-/m0/s1. The van der Waals surface area contributed by atoms with Crippen LogP contribution in [0.25, 0.3) is 11.4 Å². The average molecular weight is 484 g/mol. The molecule has 0 radical (unpaired) electrons. The molecule has 1 aliphatic rings. The number of rotatable bonds is 8. The van der Waals surface area contributed by atoms with E-state index in [1.54, 1.807) is 17.8 Å². The number of piperidine rings is 1. The van der Waals surface area contributed by atoms with Crippen molar-refractivity contribution in [1.82, 2.24) is 30.4 Å². The van der Waals surface area contributed by atoms with Crippen molar-refractivity contribution in [2.75, 3.05) is 31.5 Å². The van der Waals surface area contributed by atoms with Crippen molar-refractivity contribution < 1.29 is 13.6 Å². The molecule has 2 aromatic carbocycles. The number of halogens is 2. The number of likely N-dealkylation sites (tertiary alicyclic amines) is 1. The van der Waals surface area contributed by atoms with Gasteiger partial charge in [0.05, 0.1) is 0 Å². The molecule has 1 aliphatic heterocycles. The monoisotopic (exact) mass is 483 g/mol. The van der Waals surface area contributed by atoms with E-state index in [-0.39, 0.29) is 6.03 Å². The van der Waals surface area contributed by atoms with Gasteiger partial charge in [0.15, 0.2) is 17.5 Å². The zero-order valence-electron chi connectivity index (χ0n) is 20.1. The molecule has 0 spiro atoms. The lowest BCUT2D eigenvalue weighted by Gasteiger charge is -2.32. The minimum absolute atomic E-state index is 0.251. The van der Waals surface area contributed by atoms with E-state index in [2.05, 4.69) is 38.0 Å². The largest absolute Gasteiger partial charge is 0.338 e. The number of urea groups is 1. The lowest BCUT2D eigenvalue weighted by atomic mass is 9.97. The molecule has 35 heavy (non-hydrogen) atoms. The van der Waals surface area contributed by atoms with Crippen LogP contribution in [-0.2, 0) is 19.9 Å². The topological polar surface area (TPSA) is 88.0 Å². The maximum Gasteiger partial charge on any atom is 0.319 e. The zero-order chi connectivity index (χ0) is 24.8. The van der Waals surface area contributed by atoms with E-state index in [0.29, 0.717) is 30.4 Å². The molecule has 1 aromatic heterocycles. The number of hydrogen-bond acceptors (Lipinski definition) is 5. The first-order chi connectivity index (χ1) is 16.9. The molecule has 1 saturated heterocycles. The Hall–Kier alpha value is -3.40. The van der Waals surface area contributed by atoms with E-state index in [0.717, 1.165) is 55.6 Å². The van der Waals surface area contributed by atoms with Gasteiger partial charge in [-0.2, -0.15) is 0 Å². The molecular weight excluding hydrogens is 452 g/mol. The van der Waals surface area contributed by atoms with Gasteiger partial charge in [0, 0.05) is 37.9 Å². The van der Waals surface area contributed by atoms with Crippen molar-refractivity contribution in [1.29, 1.82) is 0 Å². The molecule has 0 unspecified atom stereocenters. The number of aryl methyl sites for hydroxylation is 2. The zero-order valence-corrected chi connectivity index (χ0v) is 20.1. The lowest BCUT2D eigenvalue weighted by Crippen LogP contribution is -2.42. The molecule has 2 heterocycles. The summed E-state index contributed by atoms with van der Waals surface area (Å²) in [5.74, 6) is -0.658. The molecule has 10 heteroatoms.